The van der Waals surface area contributed by atoms with Crippen molar-refractivity contribution in [1.82, 2.24) is 4.90 Å². The lowest BCUT2D eigenvalue weighted by Crippen LogP contribution is -2.29. The number of carbonyl (C=O) groups excluding carboxylic acids is 1. The first kappa shape index (κ1) is 15.6. The first-order valence-electron chi connectivity index (χ1n) is 5.90. The molecule has 0 bridgehead atoms. The van der Waals surface area contributed by atoms with Crippen molar-refractivity contribution < 1.29 is 4.79 Å². The molecule has 4 heteroatoms. The van der Waals surface area contributed by atoms with E-state index in [0.717, 1.165) is 10.0 Å². The average molecular weight is 330 g/mol. The van der Waals surface area contributed by atoms with Gasteiger partial charge in [0.2, 0.25) is 5.91 Å². The molecule has 100 valence electrons. The fraction of sp³-hybridized carbons (Fsp3) is 0.500. The summed E-state index contributed by atoms with van der Waals surface area (Å²) in [4.78, 5) is 13.7. The van der Waals surface area contributed by atoms with Crippen LogP contribution in [0.25, 0.3) is 0 Å². The quantitative estimate of drug-likeness (QED) is 0.833. The number of halogens is 1. The zero-order valence-electron chi connectivity index (χ0n) is 11.4. The van der Waals surface area contributed by atoms with Gasteiger partial charge in [0.05, 0.1) is 5.75 Å². The van der Waals surface area contributed by atoms with Gasteiger partial charge >= 0.3 is 0 Å². The van der Waals surface area contributed by atoms with Gasteiger partial charge < -0.3 is 4.90 Å². The van der Waals surface area contributed by atoms with E-state index >= 15 is 0 Å². The molecule has 1 amide bonds. The fourth-order valence-corrected chi connectivity index (χ4v) is 2.38. The van der Waals surface area contributed by atoms with E-state index in [4.69, 9.17) is 0 Å². The second kappa shape index (κ2) is 6.62. The van der Waals surface area contributed by atoms with Crippen molar-refractivity contribution in [3.05, 3.63) is 34.3 Å². The summed E-state index contributed by atoms with van der Waals surface area (Å²) < 4.78 is 1.19. The van der Waals surface area contributed by atoms with E-state index in [9.17, 15) is 4.79 Å². The Labute approximate surface area is 122 Å². The second-order valence-electron chi connectivity index (χ2n) is 5.28. The Balaban J connectivity index is 2.47. The third-order valence-electron chi connectivity index (χ3n) is 2.39. The molecule has 1 aromatic rings. The standard InChI is InChI=1S/C14H20BrNOS/c1-14(2,3)18-10-13(17)16(4)9-11-5-7-12(15)8-6-11/h5-8H,9-10H2,1-4H3. The molecular formula is C14H20BrNOS. The van der Waals surface area contributed by atoms with Crippen molar-refractivity contribution in [3.8, 4) is 0 Å². The van der Waals surface area contributed by atoms with E-state index < -0.39 is 0 Å². The third-order valence-corrected chi connectivity index (χ3v) is 4.17. The van der Waals surface area contributed by atoms with Crippen LogP contribution in [0, 0.1) is 0 Å². The monoisotopic (exact) mass is 329 g/mol. The highest BCUT2D eigenvalue weighted by atomic mass is 79.9. The molecule has 1 rings (SSSR count). The van der Waals surface area contributed by atoms with Crippen LogP contribution in [0.4, 0.5) is 0 Å². The Hall–Kier alpha value is -0.480. The summed E-state index contributed by atoms with van der Waals surface area (Å²) >= 11 is 5.09. The van der Waals surface area contributed by atoms with Crippen LogP contribution in [0.2, 0.25) is 0 Å². The first-order chi connectivity index (χ1) is 8.28. The molecule has 0 saturated heterocycles. The molecule has 0 fully saturated rings. The molecular weight excluding hydrogens is 310 g/mol. The number of nitrogens with zero attached hydrogens (tertiary/aromatic N) is 1. The van der Waals surface area contributed by atoms with Gasteiger partial charge in [-0.3, -0.25) is 4.79 Å². The average Bonchev–Trinajstić information content (AvgIpc) is 2.28. The topological polar surface area (TPSA) is 20.3 Å². The van der Waals surface area contributed by atoms with E-state index in [-0.39, 0.29) is 10.7 Å². The van der Waals surface area contributed by atoms with Crippen molar-refractivity contribution in [2.45, 2.75) is 32.1 Å². The van der Waals surface area contributed by atoms with E-state index in [1.165, 1.54) is 0 Å². The van der Waals surface area contributed by atoms with Gasteiger partial charge in [-0.1, -0.05) is 48.8 Å². The SMILES string of the molecule is CN(Cc1ccc(Br)cc1)C(=O)CSC(C)(C)C. The summed E-state index contributed by atoms with van der Waals surface area (Å²) in [6.45, 7) is 7.04. The molecule has 2 nitrogen and oxygen atoms in total. The minimum atomic E-state index is 0.133. The van der Waals surface area contributed by atoms with Crippen molar-refractivity contribution in [3.63, 3.8) is 0 Å². The number of benzene rings is 1. The van der Waals surface area contributed by atoms with E-state index in [1.54, 1.807) is 16.7 Å². The van der Waals surface area contributed by atoms with Gasteiger partial charge in [0, 0.05) is 22.8 Å². The predicted molar refractivity (Wildman–Crippen MR) is 82.8 cm³/mol. The van der Waals surface area contributed by atoms with Crippen LogP contribution >= 0.6 is 27.7 Å². The summed E-state index contributed by atoms with van der Waals surface area (Å²) in [5.41, 5.74) is 1.15. The Bertz CT molecular complexity index is 397. The first-order valence-corrected chi connectivity index (χ1v) is 7.68. The van der Waals surface area contributed by atoms with Crippen LogP contribution in [-0.4, -0.2) is 28.4 Å². The number of rotatable bonds is 4. The fourth-order valence-electron chi connectivity index (χ4n) is 1.34. The molecule has 0 unspecified atom stereocenters. The Morgan fingerprint density at radius 3 is 2.33 bits per heavy atom. The van der Waals surface area contributed by atoms with Crippen LogP contribution in [0.5, 0.6) is 0 Å². The molecule has 1 aromatic carbocycles. The number of thioether (sulfide) groups is 1. The minimum absolute atomic E-state index is 0.133. The summed E-state index contributed by atoms with van der Waals surface area (Å²) in [7, 11) is 1.85. The van der Waals surface area contributed by atoms with Crippen molar-refractivity contribution in [1.29, 1.82) is 0 Å². The summed E-state index contributed by atoms with van der Waals surface area (Å²) in [5.74, 6) is 0.717. The van der Waals surface area contributed by atoms with Gasteiger partial charge in [0.1, 0.15) is 0 Å². The highest BCUT2D eigenvalue weighted by Crippen LogP contribution is 2.23. The Kier molecular flexibility index (Phi) is 5.73. The van der Waals surface area contributed by atoms with Gasteiger partial charge in [-0.25, -0.2) is 0 Å². The predicted octanol–water partition coefficient (Wildman–Crippen LogP) is 3.94. The van der Waals surface area contributed by atoms with E-state index in [0.29, 0.717) is 12.3 Å². The van der Waals surface area contributed by atoms with Crippen molar-refractivity contribution in [2.75, 3.05) is 12.8 Å². The minimum Gasteiger partial charge on any atom is -0.341 e. The molecule has 18 heavy (non-hydrogen) atoms. The molecule has 0 aliphatic rings. The summed E-state index contributed by atoms with van der Waals surface area (Å²) in [5, 5.41) is 0. The van der Waals surface area contributed by atoms with E-state index in [2.05, 4.69) is 36.7 Å². The van der Waals surface area contributed by atoms with Gasteiger partial charge in [-0.05, 0) is 17.7 Å². The van der Waals surface area contributed by atoms with Crippen LogP contribution in [0.15, 0.2) is 28.7 Å². The third kappa shape index (κ3) is 5.91. The lowest BCUT2D eigenvalue weighted by atomic mass is 10.2. The molecule has 0 aliphatic heterocycles. The van der Waals surface area contributed by atoms with Crippen LogP contribution in [0.3, 0.4) is 0 Å². The highest BCUT2D eigenvalue weighted by Gasteiger charge is 2.15. The van der Waals surface area contributed by atoms with Gasteiger partial charge in [-0.15, -0.1) is 11.8 Å². The molecule has 0 radical (unpaired) electrons. The number of hydrogen-bond donors (Lipinski definition) is 0. The Morgan fingerprint density at radius 1 is 1.28 bits per heavy atom. The van der Waals surface area contributed by atoms with Crippen LogP contribution < -0.4 is 0 Å². The van der Waals surface area contributed by atoms with Gasteiger partial charge in [0.25, 0.3) is 0 Å². The number of carbonyl (C=O) groups is 1. The highest BCUT2D eigenvalue weighted by molar-refractivity contribution is 9.10. The van der Waals surface area contributed by atoms with Crippen LogP contribution in [0.1, 0.15) is 26.3 Å². The molecule has 0 atom stereocenters. The zero-order valence-corrected chi connectivity index (χ0v) is 13.8. The summed E-state index contributed by atoms with van der Waals surface area (Å²) in [6.07, 6.45) is 0. The van der Waals surface area contributed by atoms with Crippen LogP contribution in [-0.2, 0) is 11.3 Å². The molecule has 0 aromatic heterocycles. The van der Waals surface area contributed by atoms with Crippen molar-refractivity contribution >= 4 is 33.6 Å². The molecule has 0 heterocycles. The molecule has 0 aliphatic carbocycles. The Morgan fingerprint density at radius 2 is 1.83 bits per heavy atom. The zero-order chi connectivity index (χ0) is 13.8. The molecule has 0 saturated carbocycles. The maximum absolute atomic E-state index is 12.0. The second-order valence-corrected chi connectivity index (χ2v) is 8.00. The maximum atomic E-state index is 12.0. The van der Waals surface area contributed by atoms with Crippen molar-refractivity contribution in [2.24, 2.45) is 0 Å². The molecule has 0 spiro atoms. The summed E-state index contributed by atoms with van der Waals surface area (Å²) in [6, 6.07) is 8.06. The number of hydrogen-bond acceptors (Lipinski definition) is 2. The number of amides is 1. The maximum Gasteiger partial charge on any atom is 0.232 e. The molecule has 0 N–H and O–H groups in total. The van der Waals surface area contributed by atoms with Gasteiger partial charge in [0.15, 0.2) is 0 Å². The lowest BCUT2D eigenvalue weighted by Gasteiger charge is -2.21. The van der Waals surface area contributed by atoms with Gasteiger partial charge in [-0.2, -0.15) is 0 Å². The lowest BCUT2D eigenvalue weighted by molar-refractivity contribution is -0.127. The van der Waals surface area contributed by atoms with E-state index in [1.807, 2.05) is 31.3 Å². The largest absolute Gasteiger partial charge is 0.341 e. The normalized spacial score (nSPS) is 11.4. The smallest absolute Gasteiger partial charge is 0.232 e.